The van der Waals surface area contributed by atoms with Gasteiger partial charge in [0.05, 0.1) is 79.8 Å². The van der Waals surface area contributed by atoms with E-state index in [9.17, 15) is 33.6 Å². The molecule has 2 saturated heterocycles. The minimum atomic E-state index is -0.528. The Morgan fingerprint density at radius 3 is 1.34 bits per heavy atom. The van der Waals surface area contributed by atoms with Crippen molar-refractivity contribution in [3.63, 3.8) is 0 Å². The van der Waals surface area contributed by atoms with Gasteiger partial charge in [0.1, 0.15) is 28.0 Å². The molecule has 0 radical (unpaired) electrons. The zero-order valence-corrected chi connectivity index (χ0v) is 64.6. The van der Waals surface area contributed by atoms with Crippen LogP contribution < -0.4 is 10.6 Å². The van der Waals surface area contributed by atoms with Gasteiger partial charge in [-0.05, 0) is 190 Å². The zero-order chi connectivity index (χ0) is 75.7. The number of fused-ring (bicyclic) bond motifs is 5. The third-order valence-corrected chi connectivity index (χ3v) is 16.1. The normalized spacial score (nSPS) is 16.9. The number of aromatic nitrogens is 10. The molecule has 3 N–H and O–H groups in total. The molecule has 2 fully saturated rings. The summed E-state index contributed by atoms with van der Waals surface area (Å²) < 4.78 is 33.9. The first-order chi connectivity index (χ1) is 47.5. The van der Waals surface area contributed by atoms with Gasteiger partial charge in [0.15, 0.2) is 11.6 Å². The average molecular weight is 1430 g/mol. The molecule has 0 aromatic carbocycles. The lowest BCUT2D eigenvalue weighted by molar-refractivity contribution is -0.122. The largest absolute Gasteiger partial charge is 0.444 e. The zero-order valence-electron chi connectivity index (χ0n) is 64.6. The second-order valence-corrected chi connectivity index (χ2v) is 31.4. The van der Waals surface area contributed by atoms with Crippen molar-refractivity contribution in [2.24, 2.45) is 28.2 Å². The fourth-order valence-electron chi connectivity index (χ4n) is 11.3. The predicted molar refractivity (Wildman–Crippen MR) is 385 cm³/mol. The molecule has 30 nitrogen and oxygen atoms in total. The standard InChI is InChI=1S/C13H22N2O3.2C12H19N3O2.C11H17N3O2.C10H17NO3.2C7H11N3/c1-13(2,3)18-12(17)15-7-6-10(8-14(4)5)11(16)9-15;1-12(2,3)17-11(16)15-6-5-9-7-14(4)13-10(9)8-15;1-12(2,3)17-11(16)15-6-5-9-7-13-14(4)10(9)8-15;1-11(2,3)16-10(15)14-5-4-8-6-12-13-9(8)7-14;1-10(2,3)14-9(13)11-6-4-5-8(12)7-11;1-10-5-6-2-3-8-4-7(6)9-10;1-10-7-5-8-3-2-6(7)4-9-10/h8H,6-7,9H2,1-5H3;2*7H,5-6,8H2,1-4H3;6H,4-5,7H2,1-3H3,(H,12,13);4-7H2,1-3H3;5,8H,2-4H2,1H3;4,8H,2-3,5H2,1H3/b10-8+;;;;;;. The molecule has 0 atom stereocenters. The number of aryl methyl sites for hydroxylation is 4. The highest BCUT2D eigenvalue weighted by Gasteiger charge is 2.33. The number of hydrogen-bond acceptors (Lipinski definition) is 20. The molecule has 0 aliphatic carbocycles. The molecule has 5 aromatic heterocycles. The van der Waals surface area contributed by atoms with Crippen LogP contribution in [0, 0.1) is 0 Å². The average Bonchev–Trinajstić information content (AvgIpc) is 1.63. The highest BCUT2D eigenvalue weighted by Crippen LogP contribution is 2.24. The van der Waals surface area contributed by atoms with Crippen molar-refractivity contribution < 1.29 is 57.2 Å². The lowest BCUT2D eigenvalue weighted by Gasteiger charge is -2.30. The van der Waals surface area contributed by atoms with Gasteiger partial charge in [-0.1, -0.05) is 0 Å². The van der Waals surface area contributed by atoms with Crippen molar-refractivity contribution in [3.05, 3.63) is 99.0 Å². The molecule has 12 heterocycles. The molecule has 0 spiro atoms. The van der Waals surface area contributed by atoms with E-state index in [1.807, 2.05) is 196 Å². The highest BCUT2D eigenvalue weighted by molar-refractivity contribution is 5.99. The molecule has 5 aromatic rings. The number of ketones is 2. The molecular weight excluding hydrogens is 1310 g/mol. The Morgan fingerprint density at radius 1 is 0.451 bits per heavy atom. The predicted octanol–water partition coefficient (Wildman–Crippen LogP) is 8.49. The van der Waals surface area contributed by atoms with Gasteiger partial charge >= 0.3 is 30.5 Å². The van der Waals surface area contributed by atoms with E-state index < -0.39 is 34.1 Å². The Balaban J connectivity index is 0.000000189. The molecule has 0 bridgehead atoms. The fourth-order valence-corrected chi connectivity index (χ4v) is 11.3. The topological polar surface area (TPSA) is 309 Å². The van der Waals surface area contributed by atoms with Gasteiger partial charge in [0.25, 0.3) is 0 Å². The molecule has 7 aliphatic rings. The Hall–Kier alpha value is -8.80. The molecule has 566 valence electrons. The molecule has 102 heavy (non-hydrogen) atoms. The summed E-state index contributed by atoms with van der Waals surface area (Å²) in [5.41, 5.74) is 10.5. The number of piperidine rings is 2. The van der Waals surface area contributed by atoms with Crippen LogP contribution in [0.2, 0.25) is 0 Å². The Bertz CT molecular complexity index is 3620. The minimum Gasteiger partial charge on any atom is -0.444 e. The van der Waals surface area contributed by atoms with Crippen LogP contribution in [0.4, 0.5) is 24.0 Å². The van der Waals surface area contributed by atoms with Crippen molar-refractivity contribution in [1.82, 2.24) is 89.4 Å². The van der Waals surface area contributed by atoms with E-state index in [-0.39, 0.29) is 49.0 Å². The number of aromatic amines is 1. The molecule has 12 rings (SSSR count). The van der Waals surface area contributed by atoms with E-state index in [2.05, 4.69) is 47.4 Å². The smallest absolute Gasteiger partial charge is 0.410 e. The van der Waals surface area contributed by atoms with Gasteiger partial charge in [-0.25, -0.2) is 24.0 Å². The van der Waals surface area contributed by atoms with Gasteiger partial charge in [-0.15, -0.1) is 0 Å². The SMILES string of the molecule is CC(C)(C)OC(=O)N1CCCC(=O)C1.CC(C)(C)OC(=O)N1CCc2cn[nH]c2C1.CN(C)/C=C1\CCN(C(=O)OC(C)(C)C)CC1=O.Cn1cc2c(n1)CN(C(=O)OC(C)(C)C)CC2.Cn1cc2c(n1)CNCC2.Cn1ncc2c1CN(C(=O)OC(C)(C)C)CC2.Cn1ncc2c1CNCC2. The van der Waals surface area contributed by atoms with Gasteiger partial charge in [-0.3, -0.25) is 33.4 Å². The molecule has 5 amide bonds. The Labute approximate surface area is 602 Å². The molecule has 0 unspecified atom stereocenters. The van der Waals surface area contributed by atoms with Crippen LogP contribution in [-0.4, -0.2) is 222 Å². The number of likely N-dealkylation sites (tertiary alicyclic amines) is 2. The maximum atomic E-state index is 11.9. The van der Waals surface area contributed by atoms with E-state index in [4.69, 9.17) is 23.7 Å². The third kappa shape index (κ3) is 27.5. The number of hydrogen-bond donors (Lipinski definition) is 3. The van der Waals surface area contributed by atoms with Crippen LogP contribution in [-0.2, 0) is 126 Å². The number of Topliss-reactive ketones (excluding diaryl/α,β-unsaturated/α-hetero) is 2. The van der Waals surface area contributed by atoms with E-state index in [0.717, 1.165) is 87.4 Å². The number of rotatable bonds is 1. The second-order valence-electron chi connectivity index (χ2n) is 31.4. The van der Waals surface area contributed by atoms with Crippen molar-refractivity contribution in [3.8, 4) is 0 Å². The number of carbonyl (C=O) groups is 7. The first-order valence-electron chi connectivity index (χ1n) is 35.2. The Morgan fingerprint density at radius 2 is 0.863 bits per heavy atom. The number of ether oxygens (including phenoxy) is 5. The van der Waals surface area contributed by atoms with Crippen molar-refractivity contribution in [1.29, 1.82) is 0 Å². The summed E-state index contributed by atoms with van der Waals surface area (Å²) >= 11 is 0. The summed E-state index contributed by atoms with van der Waals surface area (Å²) in [6.07, 6.45) is 16.7. The van der Waals surface area contributed by atoms with Crippen LogP contribution in [0.3, 0.4) is 0 Å². The van der Waals surface area contributed by atoms with E-state index in [0.29, 0.717) is 65.2 Å². The summed E-state index contributed by atoms with van der Waals surface area (Å²) in [5, 5.41) is 30.5. The molecule has 7 aliphatic heterocycles. The summed E-state index contributed by atoms with van der Waals surface area (Å²) in [7, 11) is 11.5. The lowest BCUT2D eigenvalue weighted by Crippen LogP contribution is -2.44. The van der Waals surface area contributed by atoms with E-state index in [1.54, 1.807) is 19.4 Å². The van der Waals surface area contributed by atoms with Gasteiger partial charge in [0, 0.05) is 119 Å². The number of nitrogens with one attached hydrogen (secondary N) is 3. The number of H-pyrrole nitrogens is 1. The first-order valence-corrected chi connectivity index (χ1v) is 35.2. The fraction of sp³-hybridized carbons (Fsp3) is 0.667. The summed E-state index contributed by atoms with van der Waals surface area (Å²) in [5.74, 6) is 0.0999. The van der Waals surface area contributed by atoms with Crippen molar-refractivity contribution in [2.75, 3.05) is 73.0 Å². The van der Waals surface area contributed by atoms with Crippen molar-refractivity contribution in [2.45, 2.75) is 216 Å². The van der Waals surface area contributed by atoms with Crippen molar-refractivity contribution >= 4 is 42.0 Å². The molecular formula is C72H116N18O12. The van der Waals surface area contributed by atoms with Crippen LogP contribution >= 0.6 is 0 Å². The summed E-state index contributed by atoms with van der Waals surface area (Å²) in [4.78, 5) is 91.8. The first kappa shape index (κ1) is 82.2. The van der Waals surface area contributed by atoms with Crippen LogP contribution in [0.5, 0.6) is 0 Å². The van der Waals surface area contributed by atoms with Gasteiger partial charge < -0.3 is 63.7 Å². The molecule has 30 heteroatoms. The maximum absolute atomic E-state index is 11.9. The van der Waals surface area contributed by atoms with Crippen LogP contribution in [0.15, 0.2) is 42.8 Å². The summed E-state index contributed by atoms with van der Waals surface area (Å²) in [6, 6.07) is 0. The Kier molecular flexibility index (Phi) is 28.9. The second kappa shape index (κ2) is 35.9. The van der Waals surface area contributed by atoms with Gasteiger partial charge in [-0.2, -0.15) is 25.5 Å². The quantitative estimate of drug-likeness (QED) is 0.105. The van der Waals surface area contributed by atoms with E-state index >= 15 is 0 Å². The minimum absolute atomic E-state index is 0.0131. The monoisotopic (exact) mass is 1420 g/mol. The number of nitrogens with zero attached hydrogens (tertiary/aromatic N) is 15. The lowest BCUT2D eigenvalue weighted by atomic mass is 10.0. The summed E-state index contributed by atoms with van der Waals surface area (Å²) in [6.45, 7) is 37.1. The van der Waals surface area contributed by atoms with E-state index in [1.165, 1.54) is 49.0 Å². The van der Waals surface area contributed by atoms with Gasteiger partial charge in [0.2, 0.25) is 0 Å². The number of carbonyl (C=O) groups excluding carboxylic acids is 7. The van der Waals surface area contributed by atoms with Crippen LogP contribution in [0.25, 0.3) is 0 Å². The molecule has 0 saturated carbocycles. The highest BCUT2D eigenvalue weighted by atomic mass is 16.6. The van der Waals surface area contributed by atoms with Crippen LogP contribution in [0.1, 0.15) is 179 Å². The third-order valence-electron chi connectivity index (χ3n) is 16.1. The number of amides is 5. The maximum Gasteiger partial charge on any atom is 0.410 e.